The van der Waals surface area contributed by atoms with Crippen LogP contribution in [-0.4, -0.2) is 26.0 Å². The van der Waals surface area contributed by atoms with Crippen molar-refractivity contribution in [1.82, 2.24) is 15.0 Å². The number of rotatable bonds is 2. The first-order chi connectivity index (χ1) is 10.0. The Labute approximate surface area is 128 Å². The Hall–Kier alpha value is -2.34. The molecule has 2 aromatic heterocycles. The van der Waals surface area contributed by atoms with Crippen molar-refractivity contribution in [2.24, 2.45) is 0 Å². The topological polar surface area (TPSA) is 76.0 Å². The van der Waals surface area contributed by atoms with Gasteiger partial charge in [-0.05, 0) is 41.1 Å². The van der Waals surface area contributed by atoms with Gasteiger partial charge in [-0.15, -0.1) is 0 Å². The van der Waals surface area contributed by atoms with Gasteiger partial charge in [0, 0.05) is 15.6 Å². The molecule has 0 atom stereocenters. The number of hydrogen-bond donors (Lipinski definition) is 1. The van der Waals surface area contributed by atoms with Crippen LogP contribution < -0.4 is 0 Å². The maximum Gasteiger partial charge on any atom is 0.354 e. The highest BCUT2D eigenvalue weighted by atomic mass is 79.9. The Morgan fingerprint density at radius 2 is 1.90 bits per heavy atom. The lowest BCUT2D eigenvalue weighted by atomic mass is 10.2. The predicted molar refractivity (Wildman–Crippen MR) is 82.2 cm³/mol. The molecular formula is C15H10BrN3O2. The van der Waals surface area contributed by atoms with E-state index in [4.69, 9.17) is 5.11 Å². The van der Waals surface area contributed by atoms with Gasteiger partial charge in [-0.3, -0.25) is 0 Å². The molecule has 1 N–H and O–H groups in total. The molecule has 21 heavy (non-hydrogen) atoms. The van der Waals surface area contributed by atoms with Gasteiger partial charge in [-0.1, -0.05) is 18.2 Å². The van der Waals surface area contributed by atoms with Gasteiger partial charge in [0.1, 0.15) is 5.69 Å². The summed E-state index contributed by atoms with van der Waals surface area (Å²) < 4.78 is 0.725. The summed E-state index contributed by atoms with van der Waals surface area (Å²) in [6.07, 6.45) is 0. The smallest absolute Gasteiger partial charge is 0.354 e. The van der Waals surface area contributed by atoms with Crippen LogP contribution in [0.25, 0.3) is 22.4 Å². The number of aromatic nitrogens is 3. The highest BCUT2D eigenvalue weighted by molar-refractivity contribution is 9.10. The second-order valence-electron chi connectivity index (χ2n) is 4.53. The van der Waals surface area contributed by atoms with Crippen LogP contribution in [0.1, 0.15) is 16.2 Å². The van der Waals surface area contributed by atoms with Crippen molar-refractivity contribution in [3.8, 4) is 11.5 Å². The number of aryl methyl sites for hydroxylation is 1. The highest BCUT2D eigenvalue weighted by Gasteiger charge is 2.14. The van der Waals surface area contributed by atoms with Crippen molar-refractivity contribution >= 4 is 32.8 Å². The van der Waals surface area contributed by atoms with Gasteiger partial charge in [0.05, 0.1) is 5.52 Å². The lowest BCUT2D eigenvalue weighted by Gasteiger charge is -2.07. The zero-order valence-corrected chi connectivity index (χ0v) is 12.6. The molecule has 104 valence electrons. The second kappa shape index (κ2) is 5.21. The molecule has 0 radical (unpaired) electrons. The number of para-hydroxylation sites is 1. The van der Waals surface area contributed by atoms with Crippen LogP contribution in [0.2, 0.25) is 0 Å². The summed E-state index contributed by atoms with van der Waals surface area (Å²) in [5, 5.41) is 10.1. The van der Waals surface area contributed by atoms with Gasteiger partial charge in [0.15, 0.2) is 11.5 Å². The van der Waals surface area contributed by atoms with Gasteiger partial charge in [-0.25, -0.2) is 19.7 Å². The Morgan fingerprint density at radius 1 is 1.14 bits per heavy atom. The molecule has 0 aliphatic heterocycles. The number of fused-ring (bicyclic) bond motifs is 1. The molecule has 0 saturated heterocycles. The van der Waals surface area contributed by atoms with Crippen molar-refractivity contribution < 1.29 is 9.90 Å². The van der Waals surface area contributed by atoms with E-state index < -0.39 is 5.97 Å². The third-order valence-electron chi connectivity index (χ3n) is 2.96. The molecule has 2 heterocycles. The summed E-state index contributed by atoms with van der Waals surface area (Å²) in [4.78, 5) is 24.0. The van der Waals surface area contributed by atoms with Crippen molar-refractivity contribution in [2.45, 2.75) is 6.92 Å². The van der Waals surface area contributed by atoms with Crippen LogP contribution in [0, 0.1) is 6.92 Å². The minimum atomic E-state index is -1.08. The fourth-order valence-corrected chi connectivity index (χ4v) is 2.54. The van der Waals surface area contributed by atoms with Crippen LogP contribution >= 0.6 is 15.9 Å². The van der Waals surface area contributed by atoms with E-state index in [9.17, 15) is 4.79 Å². The molecule has 6 heteroatoms. The van der Waals surface area contributed by atoms with Crippen molar-refractivity contribution in [3.63, 3.8) is 0 Å². The molecule has 0 saturated carbocycles. The van der Waals surface area contributed by atoms with E-state index in [1.165, 1.54) is 6.07 Å². The van der Waals surface area contributed by atoms with Crippen molar-refractivity contribution in [2.75, 3.05) is 0 Å². The summed E-state index contributed by atoms with van der Waals surface area (Å²) in [5.41, 5.74) is 1.87. The van der Waals surface area contributed by atoms with E-state index in [1.807, 2.05) is 30.3 Å². The first-order valence-electron chi connectivity index (χ1n) is 6.19. The third-order valence-corrected chi connectivity index (χ3v) is 3.57. The maximum atomic E-state index is 11.1. The molecule has 0 amide bonds. The lowest BCUT2D eigenvalue weighted by Crippen LogP contribution is -2.05. The molecule has 3 aromatic rings. The van der Waals surface area contributed by atoms with Gasteiger partial charge < -0.3 is 5.11 Å². The largest absolute Gasteiger partial charge is 0.477 e. The van der Waals surface area contributed by atoms with Gasteiger partial charge >= 0.3 is 5.97 Å². The van der Waals surface area contributed by atoms with Gasteiger partial charge in [-0.2, -0.15) is 0 Å². The molecule has 0 spiro atoms. The normalized spacial score (nSPS) is 10.8. The lowest BCUT2D eigenvalue weighted by molar-refractivity contribution is 0.0690. The summed E-state index contributed by atoms with van der Waals surface area (Å²) in [5.74, 6) is -0.788. The highest BCUT2D eigenvalue weighted by Crippen LogP contribution is 2.27. The summed E-state index contributed by atoms with van der Waals surface area (Å²) in [7, 11) is 0. The maximum absolute atomic E-state index is 11.1. The number of pyridine rings is 1. The molecule has 0 fully saturated rings. The number of nitrogens with zero attached hydrogens (tertiary/aromatic N) is 3. The molecule has 0 aliphatic rings. The van der Waals surface area contributed by atoms with Crippen LogP contribution in [0.5, 0.6) is 0 Å². The monoisotopic (exact) mass is 343 g/mol. The summed E-state index contributed by atoms with van der Waals surface area (Å²) in [6, 6.07) is 11.0. The van der Waals surface area contributed by atoms with E-state index in [0.29, 0.717) is 17.2 Å². The average Bonchev–Trinajstić information content (AvgIpc) is 2.45. The van der Waals surface area contributed by atoms with Crippen molar-refractivity contribution in [1.29, 1.82) is 0 Å². The number of hydrogen-bond acceptors (Lipinski definition) is 4. The number of aromatic carboxylic acids is 1. The van der Waals surface area contributed by atoms with Gasteiger partial charge in [0.2, 0.25) is 0 Å². The Kier molecular flexibility index (Phi) is 3.39. The third kappa shape index (κ3) is 2.62. The standard InChI is InChI=1S/C15H10BrN3O2/c1-8-6-12(15(20)21)19-14(17-8)13-10(16)7-9-4-2-3-5-11(9)18-13/h2-7H,1H3,(H,20,21). The first kappa shape index (κ1) is 13.6. The van der Waals surface area contributed by atoms with Crippen molar-refractivity contribution in [3.05, 3.63) is 52.3 Å². The number of carbonyl (C=O) groups is 1. The van der Waals surface area contributed by atoms with Crippen LogP contribution in [0.4, 0.5) is 0 Å². The molecule has 3 rings (SSSR count). The Morgan fingerprint density at radius 3 is 2.67 bits per heavy atom. The minimum absolute atomic E-state index is 0.0423. The van der Waals surface area contributed by atoms with E-state index in [2.05, 4.69) is 30.9 Å². The first-order valence-corrected chi connectivity index (χ1v) is 6.98. The van der Waals surface area contributed by atoms with Crippen LogP contribution in [0.15, 0.2) is 40.9 Å². The Bertz CT molecular complexity index is 865. The summed E-state index contributed by atoms with van der Waals surface area (Å²) >= 11 is 3.45. The fraction of sp³-hybridized carbons (Fsp3) is 0.0667. The average molecular weight is 344 g/mol. The van der Waals surface area contributed by atoms with E-state index in [0.717, 1.165) is 15.4 Å². The number of halogens is 1. The van der Waals surface area contributed by atoms with Crippen LogP contribution in [0.3, 0.4) is 0 Å². The number of carboxylic acids is 1. The van der Waals surface area contributed by atoms with E-state index in [1.54, 1.807) is 6.92 Å². The van der Waals surface area contributed by atoms with E-state index >= 15 is 0 Å². The second-order valence-corrected chi connectivity index (χ2v) is 5.39. The van der Waals surface area contributed by atoms with Crippen LogP contribution in [-0.2, 0) is 0 Å². The zero-order chi connectivity index (χ0) is 15.0. The zero-order valence-electron chi connectivity index (χ0n) is 11.0. The fourth-order valence-electron chi connectivity index (χ4n) is 2.03. The number of benzene rings is 1. The molecule has 1 aromatic carbocycles. The minimum Gasteiger partial charge on any atom is -0.477 e. The summed E-state index contributed by atoms with van der Waals surface area (Å²) in [6.45, 7) is 1.73. The molecule has 5 nitrogen and oxygen atoms in total. The SMILES string of the molecule is Cc1cc(C(=O)O)nc(-c2nc3ccccc3cc2Br)n1. The quantitative estimate of drug-likeness (QED) is 0.770. The van der Waals surface area contributed by atoms with E-state index in [-0.39, 0.29) is 5.69 Å². The van der Waals surface area contributed by atoms with Gasteiger partial charge in [0.25, 0.3) is 0 Å². The molecule has 0 unspecified atom stereocenters. The molecular weight excluding hydrogens is 334 g/mol. The molecule has 0 bridgehead atoms. The number of carboxylic acid groups (broad SMARTS) is 1. The predicted octanol–water partition coefficient (Wildman–Crippen LogP) is 3.46. The molecule has 0 aliphatic carbocycles. The Balaban J connectivity index is 2.24.